The van der Waals surface area contributed by atoms with E-state index in [0.717, 1.165) is 25.7 Å². The summed E-state index contributed by atoms with van der Waals surface area (Å²) in [5.74, 6) is -0.0878. The molecule has 7 heteroatoms. The van der Waals surface area contributed by atoms with Crippen molar-refractivity contribution in [2.75, 3.05) is 40.3 Å². The van der Waals surface area contributed by atoms with Gasteiger partial charge in [-0.15, -0.1) is 0 Å². The number of rotatable bonds is 3. The molecule has 2 aliphatic heterocycles. The quantitative estimate of drug-likeness (QED) is 0.827. The molecule has 0 spiro atoms. The fraction of sp³-hybridized carbons (Fsp3) is 0.609. The molecule has 1 aromatic rings. The summed E-state index contributed by atoms with van der Waals surface area (Å²) in [6, 6.07) is 9.37. The van der Waals surface area contributed by atoms with E-state index in [4.69, 9.17) is 0 Å². The van der Waals surface area contributed by atoms with E-state index in [1.165, 1.54) is 6.42 Å². The van der Waals surface area contributed by atoms with E-state index in [1.807, 2.05) is 18.2 Å². The van der Waals surface area contributed by atoms with Crippen LogP contribution in [0.2, 0.25) is 0 Å². The van der Waals surface area contributed by atoms with Crippen molar-refractivity contribution < 1.29 is 14.4 Å². The van der Waals surface area contributed by atoms with Crippen molar-refractivity contribution in [3.05, 3.63) is 35.9 Å². The standard InChI is InChI=1S/C23H32N4O3/c1-25(2)21(29)23-15-26(20(28)17-9-5-3-6-10-17)13-18(23)14-27(16-23)22(30)24-19-11-7-4-8-12-19/h3,5-6,9-10,18-19H,4,7-8,11-16H2,1-2H3,(H,24,30)/t18-,23-/m0/s1. The Kier molecular flexibility index (Phi) is 5.71. The second-order valence-electron chi connectivity index (χ2n) is 9.27. The Bertz CT molecular complexity index is 806. The minimum absolute atomic E-state index is 0.00354. The van der Waals surface area contributed by atoms with Crippen molar-refractivity contribution in [1.29, 1.82) is 0 Å². The number of hydrogen-bond acceptors (Lipinski definition) is 3. The van der Waals surface area contributed by atoms with Gasteiger partial charge in [0.05, 0.1) is 5.41 Å². The molecule has 0 bridgehead atoms. The van der Waals surface area contributed by atoms with Crippen molar-refractivity contribution >= 4 is 17.8 Å². The highest BCUT2D eigenvalue weighted by molar-refractivity contribution is 5.96. The van der Waals surface area contributed by atoms with E-state index in [1.54, 1.807) is 40.9 Å². The van der Waals surface area contributed by atoms with Gasteiger partial charge in [-0.05, 0) is 25.0 Å². The molecule has 30 heavy (non-hydrogen) atoms. The zero-order valence-corrected chi connectivity index (χ0v) is 18.0. The maximum atomic E-state index is 13.2. The summed E-state index contributed by atoms with van der Waals surface area (Å²) < 4.78 is 0. The van der Waals surface area contributed by atoms with E-state index in [-0.39, 0.29) is 29.8 Å². The lowest BCUT2D eigenvalue weighted by Gasteiger charge is -2.31. The zero-order valence-electron chi connectivity index (χ0n) is 18.0. The number of fused-ring (bicyclic) bond motifs is 1. The highest BCUT2D eigenvalue weighted by atomic mass is 16.2. The number of benzene rings is 1. The molecule has 0 radical (unpaired) electrons. The van der Waals surface area contributed by atoms with Crippen LogP contribution in [-0.2, 0) is 4.79 Å². The van der Waals surface area contributed by atoms with Gasteiger partial charge < -0.3 is 20.0 Å². The summed E-state index contributed by atoms with van der Waals surface area (Å²) in [5.41, 5.74) is -0.0884. The van der Waals surface area contributed by atoms with Crippen molar-refractivity contribution in [2.45, 2.75) is 38.1 Å². The second kappa shape index (κ2) is 8.28. The van der Waals surface area contributed by atoms with Crippen LogP contribution < -0.4 is 5.32 Å². The van der Waals surface area contributed by atoms with Crippen LogP contribution in [-0.4, -0.2) is 78.9 Å². The Morgan fingerprint density at radius 1 is 0.967 bits per heavy atom. The molecule has 0 unspecified atom stereocenters. The monoisotopic (exact) mass is 412 g/mol. The Morgan fingerprint density at radius 3 is 2.27 bits per heavy atom. The number of urea groups is 1. The van der Waals surface area contributed by atoms with Crippen LogP contribution >= 0.6 is 0 Å². The number of nitrogens with zero attached hydrogens (tertiary/aromatic N) is 3. The van der Waals surface area contributed by atoms with Crippen molar-refractivity contribution in [1.82, 2.24) is 20.0 Å². The van der Waals surface area contributed by atoms with E-state index < -0.39 is 5.41 Å². The normalized spacial score (nSPS) is 26.4. The molecule has 2 atom stereocenters. The molecule has 1 aromatic carbocycles. The average molecular weight is 413 g/mol. The Labute approximate surface area is 178 Å². The van der Waals surface area contributed by atoms with Crippen LogP contribution in [0, 0.1) is 11.3 Å². The lowest BCUT2D eigenvalue weighted by molar-refractivity contribution is -0.139. The van der Waals surface area contributed by atoms with E-state index >= 15 is 0 Å². The van der Waals surface area contributed by atoms with Gasteiger partial charge in [0.2, 0.25) is 5.91 Å². The van der Waals surface area contributed by atoms with Crippen molar-refractivity contribution in [2.24, 2.45) is 11.3 Å². The lowest BCUT2D eigenvalue weighted by Crippen LogP contribution is -2.50. The first-order chi connectivity index (χ1) is 14.4. The van der Waals surface area contributed by atoms with Gasteiger partial charge in [0, 0.05) is 57.8 Å². The van der Waals surface area contributed by atoms with Crippen LogP contribution in [0.15, 0.2) is 30.3 Å². The number of likely N-dealkylation sites (tertiary alicyclic amines) is 2. The van der Waals surface area contributed by atoms with Gasteiger partial charge in [-0.3, -0.25) is 9.59 Å². The zero-order chi connectivity index (χ0) is 21.3. The molecule has 3 fully saturated rings. The molecular weight excluding hydrogens is 380 g/mol. The fourth-order valence-electron chi connectivity index (χ4n) is 5.40. The smallest absolute Gasteiger partial charge is 0.317 e. The minimum Gasteiger partial charge on any atom is -0.348 e. The summed E-state index contributed by atoms with van der Waals surface area (Å²) >= 11 is 0. The van der Waals surface area contributed by atoms with Crippen LogP contribution in [0.5, 0.6) is 0 Å². The molecule has 1 N–H and O–H groups in total. The van der Waals surface area contributed by atoms with Crippen LogP contribution in [0.3, 0.4) is 0 Å². The Hall–Kier alpha value is -2.57. The summed E-state index contributed by atoms with van der Waals surface area (Å²) in [6.45, 7) is 1.73. The van der Waals surface area contributed by atoms with Crippen molar-refractivity contribution in [3.8, 4) is 0 Å². The van der Waals surface area contributed by atoms with Gasteiger partial charge in [-0.2, -0.15) is 0 Å². The summed E-state index contributed by atoms with van der Waals surface area (Å²) in [6.07, 6.45) is 5.62. The maximum Gasteiger partial charge on any atom is 0.317 e. The highest BCUT2D eigenvalue weighted by Crippen LogP contribution is 2.44. The third-order valence-electron chi connectivity index (χ3n) is 6.97. The Balaban J connectivity index is 1.49. The molecule has 7 nitrogen and oxygen atoms in total. The third kappa shape index (κ3) is 3.77. The van der Waals surface area contributed by atoms with E-state index in [2.05, 4.69) is 5.32 Å². The highest BCUT2D eigenvalue weighted by Gasteiger charge is 2.59. The summed E-state index contributed by atoms with van der Waals surface area (Å²) in [4.78, 5) is 44.4. The number of amides is 4. The molecule has 1 saturated carbocycles. The van der Waals surface area contributed by atoms with Crippen LogP contribution in [0.25, 0.3) is 0 Å². The average Bonchev–Trinajstić information content (AvgIpc) is 3.29. The molecule has 1 aliphatic carbocycles. The predicted octanol–water partition coefficient (Wildman–Crippen LogP) is 2.19. The first kappa shape index (κ1) is 20.7. The lowest BCUT2D eigenvalue weighted by atomic mass is 9.80. The van der Waals surface area contributed by atoms with Gasteiger partial charge in [0.1, 0.15) is 0 Å². The van der Waals surface area contributed by atoms with Gasteiger partial charge >= 0.3 is 6.03 Å². The number of hydrogen-bond donors (Lipinski definition) is 1. The van der Waals surface area contributed by atoms with E-state index in [9.17, 15) is 14.4 Å². The van der Waals surface area contributed by atoms with Crippen LogP contribution in [0.4, 0.5) is 4.79 Å². The van der Waals surface area contributed by atoms with E-state index in [0.29, 0.717) is 31.7 Å². The molecule has 2 heterocycles. The van der Waals surface area contributed by atoms with Gasteiger partial charge in [-0.1, -0.05) is 37.5 Å². The number of carbonyl (C=O) groups is 3. The summed E-state index contributed by atoms with van der Waals surface area (Å²) in [5, 5.41) is 3.18. The topological polar surface area (TPSA) is 73.0 Å². The minimum atomic E-state index is -0.724. The number of nitrogens with one attached hydrogen (secondary N) is 1. The molecular formula is C23H32N4O3. The largest absolute Gasteiger partial charge is 0.348 e. The first-order valence-corrected chi connectivity index (χ1v) is 11.0. The van der Waals surface area contributed by atoms with Gasteiger partial charge in [0.25, 0.3) is 5.91 Å². The molecule has 3 aliphatic rings. The second-order valence-corrected chi connectivity index (χ2v) is 9.27. The first-order valence-electron chi connectivity index (χ1n) is 11.0. The maximum absolute atomic E-state index is 13.2. The predicted molar refractivity (Wildman–Crippen MR) is 114 cm³/mol. The van der Waals surface area contributed by atoms with Gasteiger partial charge in [-0.25, -0.2) is 4.79 Å². The SMILES string of the molecule is CN(C)C(=O)[C@@]12CN(C(=O)NC3CCCCC3)C[C@@H]1CN(C(=O)c1ccccc1)C2. The van der Waals surface area contributed by atoms with Crippen molar-refractivity contribution in [3.63, 3.8) is 0 Å². The molecule has 0 aromatic heterocycles. The molecule has 2 saturated heterocycles. The molecule has 4 amide bonds. The van der Waals surface area contributed by atoms with Gasteiger partial charge in [0.15, 0.2) is 0 Å². The summed E-state index contributed by atoms with van der Waals surface area (Å²) in [7, 11) is 3.50. The Morgan fingerprint density at radius 2 is 1.60 bits per heavy atom. The molecule has 4 rings (SSSR count). The van der Waals surface area contributed by atoms with Crippen LogP contribution in [0.1, 0.15) is 42.5 Å². The fourth-order valence-corrected chi connectivity index (χ4v) is 5.40. The molecule has 162 valence electrons. The number of carbonyl (C=O) groups excluding carboxylic acids is 3. The third-order valence-corrected chi connectivity index (χ3v) is 6.97.